The molecular weight excluding hydrogens is 280 g/mol. The van der Waals surface area contributed by atoms with E-state index in [-0.39, 0.29) is 0 Å². The Hall–Kier alpha value is -1.10. The van der Waals surface area contributed by atoms with Crippen molar-refractivity contribution in [2.24, 2.45) is 0 Å². The van der Waals surface area contributed by atoms with Crippen LogP contribution in [-0.2, 0) is 19.5 Å². The zero-order chi connectivity index (χ0) is 15.2. The molecule has 0 aliphatic heterocycles. The fourth-order valence-electron chi connectivity index (χ4n) is 2.38. The number of thiophene rings is 1. The summed E-state index contributed by atoms with van der Waals surface area (Å²) in [7, 11) is 2.17. The SMILES string of the molecule is CCNCc1cc(CN(C)C(C)Cc2cccs2)oc1C. The average molecular weight is 306 g/mol. The third-order valence-corrected chi connectivity index (χ3v) is 4.77. The second kappa shape index (κ2) is 7.78. The van der Waals surface area contributed by atoms with Crippen molar-refractivity contribution in [3.63, 3.8) is 0 Å². The first kappa shape index (κ1) is 16.3. The van der Waals surface area contributed by atoms with Crippen molar-refractivity contribution in [1.29, 1.82) is 0 Å². The molecule has 116 valence electrons. The number of hydrogen-bond acceptors (Lipinski definition) is 4. The van der Waals surface area contributed by atoms with Crippen LogP contribution in [0.3, 0.4) is 0 Å². The molecule has 0 amide bonds. The van der Waals surface area contributed by atoms with E-state index in [2.05, 4.69) is 54.7 Å². The monoisotopic (exact) mass is 306 g/mol. The molecule has 1 unspecified atom stereocenters. The molecule has 2 aromatic heterocycles. The van der Waals surface area contributed by atoms with Gasteiger partial charge in [0.15, 0.2) is 0 Å². The fraction of sp³-hybridized carbons (Fsp3) is 0.529. The van der Waals surface area contributed by atoms with Gasteiger partial charge in [0.1, 0.15) is 11.5 Å². The molecule has 3 nitrogen and oxygen atoms in total. The lowest BCUT2D eigenvalue weighted by Gasteiger charge is -2.23. The van der Waals surface area contributed by atoms with Crippen LogP contribution in [0.25, 0.3) is 0 Å². The lowest BCUT2D eigenvalue weighted by Crippen LogP contribution is -2.30. The summed E-state index contributed by atoms with van der Waals surface area (Å²) in [4.78, 5) is 3.80. The molecule has 0 aromatic carbocycles. The second-order valence-electron chi connectivity index (χ2n) is 5.62. The lowest BCUT2D eigenvalue weighted by molar-refractivity contribution is 0.228. The van der Waals surface area contributed by atoms with Gasteiger partial charge in [-0.05, 0) is 51.4 Å². The summed E-state index contributed by atoms with van der Waals surface area (Å²) in [6.07, 6.45) is 1.10. The molecule has 0 bridgehead atoms. The van der Waals surface area contributed by atoms with E-state index >= 15 is 0 Å². The van der Waals surface area contributed by atoms with Gasteiger partial charge in [0.25, 0.3) is 0 Å². The molecule has 2 rings (SSSR count). The zero-order valence-electron chi connectivity index (χ0n) is 13.5. The van der Waals surface area contributed by atoms with Crippen LogP contribution in [0.1, 0.15) is 35.8 Å². The van der Waals surface area contributed by atoms with Crippen LogP contribution in [0.5, 0.6) is 0 Å². The number of rotatable bonds is 8. The van der Waals surface area contributed by atoms with E-state index in [9.17, 15) is 0 Å². The minimum Gasteiger partial charge on any atom is -0.465 e. The van der Waals surface area contributed by atoms with Crippen LogP contribution in [0.4, 0.5) is 0 Å². The molecule has 1 N–H and O–H groups in total. The predicted molar refractivity (Wildman–Crippen MR) is 89.8 cm³/mol. The van der Waals surface area contributed by atoms with E-state index in [1.54, 1.807) is 0 Å². The van der Waals surface area contributed by atoms with Gasteiger partial charge in [0, 0.05) is 23.0 Å². The van der Waals surface area contributed by atoms with Crippen LogP contribution in [-0.4, -0.2) is 24.5 Å². The van der Waals surface area contributed by atoms with Crippen molar-refractivity contribution in [3.8, 4) is 0 Å². The molecule has 1 atom stereocenters. The second-order valence-corrected chi connectivity index (χ2v) is 6.65. The molecule has 0 aliphatic rings. The summed E-state index contributed by atoms with van der Waals surface area (Å²) >= 11 is 1.83. The number of hydrogen-bond donors (Lipinski definition) is 1. The summed E-state index contributed by atoms with van der Waals surface area (Å²) in [6.45, 7) is 9.17. The Balaban J connectivity index is 1.91. The van der Waals surface area contributed by atoms with E-state index in [4.69, 9.17) is 4.42 Å². The Kier molecular flexibility index (Phi) is 6.03. The molecule has 0 radical (unpaired) electrons. The molecule has 4 heteroatoms. The van der Waals surface area contributed by atoms with Crippen molar-refractivity contribution in [2.45, 2.75) is 46.3 Å². The third-order valence-electron chi connectivity index (χ3n) is 3.87. The van der Waals surface area contributed by atoms with Gasteiger partial charge < -0.3 is 9.73 Å². The molecule has 21 heavy (non-hydrogen) atoms. The quantitative estimate of drug-likeness (QED) is 0.803. The normalized spacial score (nSPS) is 13.0. The largest absolute Gasteiger partial charge is 0.465 e. The van der Waals surface area contributed by atoms with Crippen molar-refractivity contribution in [2.75, 3.05) is 13.6 Å². The van der Waals surface area contributed by atoms with E-state index in [0.29, 0.717) is 6.04 Å². The van der Waals surface area contributed by atoms with Crippen LogP contribution in [0.2, 0.25) is 0 Å². The van der Waals surface area contributed by atoms with Crippen LogP contribution in [0, 0.1) is 6.92 Å². The smallest absolute Gasteiger partial charge is 0.118 e. The molecule has 2 aromatic rings. The summed E-state index contributed by atoms with van der Waals surface area (Å²) in [5.41, 5.74) is 1.27. The molecule has 0 saturated heterocycles. The molecule has 2 heterocycles. The maximum absolute atomic E-state index is 5.89. The van der Waals surface area contributed by atoms with E-state index < -0.39 is 0 Å². The lowest BCUT2D eigenvalue weighted by atomic mass is 10.2. The molecule has 0 saturated carbocycles. The van der Waals surface area contributed by atoms with E-state index in [1.165, 1.54) is 10.4 Å². The van der Waals surface area contributed by atoms with Gasteiger partial charge in [-0.3, -0.25) is 4.90 Å². The standard InChI is InChI=1S/C17H26N2OS/c1-5-18-11-15-10-16(20-14(15)3)12-19(4)13(2)9-17-7-6-8-21-17/h6-8,10,13,18H,5,9,11-12H2,1-4H3. The Morgan fingerprint density at radius 2 is 2.24 bits per heavy atom. The maximum atomic E-state index is 5.89. The number of furan rings is 1. The minimum absolute atomic E-state index is 0.506. The topological polar surface area (TPSA) is 28.4 Å². The van der Waals surface area contributed by atoms with Crippen molar-refractivity contribution < 1.29 is 4.42 Å². The minimum atomic E-state index is 0.506. The number of nitrogens with zero attached hydrogens (tertiary/aromatic N) is 1. The molecular formula is C17H26N2OS. The Morgan fingerprint density at radius 3 is 2.90 bits per heavy atom. The van der Waals surface area contributed by atoms with Gasteiger partial charge in [-0.1, -0.05) is 13.0 Å². The summed E-state index contributed by atoms with van der Waals surface area (Å²) in [5, 5.41) is 5.50. The van der Waals surface area contributed by atoms with Gasteiger partial charge in [-0.15, -0.1) is 11.3 Å². The van der Waals surface area contributed by atoms with E-state index in [1.807, 2.05) is 18.3 Å². The third kappa shape index (κ3) is 4.70. The van der Waals surface area contributed by atoms with Crippen molar-refractivity contribution in [1.82, 2.24) is 10.2 Å². The van der Waals surface area contributed by atoms with Gasteiger partial charge in [-0.25, -0.2) is 0 Å². The maximum Gasteiger partial charge on any atom is 0.118 e. The Morgan fingerprint density at radius 1 is 1.43 bits per heavy atom. The molecule has 0 fully saturated rings. The predicted octanol–water partition coefficient (Wildman–Crippen LogP) is 3.82. The first-order chi connectivity index (χ1) is 10.1. The number of likely N-dealkylation sites (N-methyl/N-ethyl adjacent to an activating group) is 1. The summed E-state index contributed by atoms with van der Waals surface area (Å²) < 4.78 is 5.89. The Bertz CT molecular complexity index is 533. The number of nitrogens with one attached hydrogen (secondary N) is 1. The summed E-state index contributed by atoms with van der Waals surface area (Å²) in [6, 6.07) is 7.02. The van der Waals surface area contributed by atoms with E-state index in [0.717, 1.165) is 37.6 Å². The Labute approximate surface area is 132 Å². The number of aryl methyl sites for hydroxylation is 1. The highest BCUT2D eigenvalue weighted by Gasteiger charge is 2.14. The first-order valence-electron chi connectivity index (χ1n) is 7.61. The highest BCUT2D eigenvalue weighted by molar-refractivity contribution is 7.09. The van der Waals surface area contributed by atoms with Crippen molar-refractivity contribution >= 4 is 11.3 Å². The summed E-state index contributed by atoms with van der Waals surface area (Å²) in [5.74, 6) is 2.09. The zero-order valence-corrected chi connectivity index (χ0v) is 14.3. The molecule has 0 aliphatic carbocycles. The highest BCUT2D eigenvalue weighted by atomic mass is 32.1. The van der Waals surface area contributed by atoms with Gasteiger partial charge in [0.05, 0.1) is 6.54 Å². The van der Waals surface area contributed by atoms with Crippen molar-refractivity contribution in [3.05, 3.63) is 45.5 Å². The van der Waals surface area contributed by atoms with Gasteiger partial charge in [0.2, 0.25) is 0 Å². The molecule has 0 spiro atoms. The first-order valence-corrected chi connectivity index (χ1v) is 8.49. The average Bonchev–Trinajstić information content (AvgIpc) is 3.06. The highest BCUT2D eigenvalue weighted by Crippen LogP contribution is 2.18. The van der Waals surface area contributed by atoms with Crippen LogP contribution >= 0.6 is 11.3 Å². The van der Waals surface area contributed by atoms with Crippen LogP contribution < -0.4 is 5.32 Å². The van der Waals surface area contributed by atoms with Crippen LogP contribution in [0.15, 0.2) is 28.0 Å². The fourth-order valence-corrected chi connectivity index (χ4v) is 3.20. The van der Waals surface area contributed by atoms with Gasteiger partial charge in [-0.2, -0.15) is 0 Å². The van der Waals surface area contributed by atoms with Gasteiger partial charge >= 0.3 is 0 Å².